The highest BCUT2D eigenvalue weighted by atomic mass is 16.5. The molecular weight excluding hydrogens is 248 g/mol. The van der Waals surface area contributed by atoms with Crippen LogP contribution in [0, 0.1) is 11.8 Å². The van der Waals surface area contributed by atoms with Crippen LogP contribution in [0.25, 0.3) is 0 Å². The van der Waals surface area contributed by atoms with Crippen molar-refractivity contribution in [3.05, 3.63) is 29.8 Å². The van der Waals surface area contributed by atoms with Crippen molar-refractivity contribution >= 4 is 0 Å². The highest BCUT2D eigenvalue weighted by Gasteiger charge is 2.23. The molecule has 2 N–H and O–H groups in total. The van der Waals surface area contributed by atoms with Crippen molar-refractivity contribution in [1.82, 2.24) is 4.90 Å². The van der Waals surface area contributed by atoms with Gasteiger partial charge < -0.3 is 15.4 Å². The third-order valence-electron chi connectivity index (χ3n) is 4.27. The van der Waals surface area contributed by atoms with Crippen molar-refractivity contribution < 1.29 is 4.74 Å². The molecule has 1 atom stereocenters. The van der Waals surface area contributed by atoms with Gasteiger partial charge in [-0.1, -0.05) is 26.0 Å². The number of nitrogens with zero attached hydrogens (tertiary/aromatic N) is 1. The van der Waals surface area contributed by atoms with Gasteiger partial charge in [0, 0.05) is 19.6 Å². The molecule has 0 radical (unpaired) electrons. The van der Waals surface area contributed by atoms with Crippen LogP contribution < -0.4 is 10.5 Å². The maximum Gasteiger partial charge on any atom is 0.119 e. The van der Waals surface area contributed by atoms with E-state index in [2.05, 4.69) is 18.7 Å². The summed E-state index contributed by atoms with van der Waals surface area (Å²) in [6, 6.07) is 8.07. The molecule has 1 aliphatic heterocycles. The van der Waals surface area contributed by atoms with Crippen molar-refractivity contribution in [2.75, 3.05) is 26.2 Å². The Balaban J connectivity index is 1.64. The Bertz CT molecular complexity index is 406. The first-order valence-corrected chi connectivity index (χ1v) is 7.83. The zero-order valence-corrected chi connectivity index (χ0v) is 12.8. The molecule has 1 unspecified atom stereocenters. The predicted molar refractivity (Wildman–Crippen MR) is 83.8 cm³/mol. The Kier molecular flexibility index (Phi) is 5.86. The highest BCUT2D eigenvalue weighted by Crippen LogP contribution is 2.23. The quantitative estimate of drug-likeness (QED) is 0.778. The Morgan fingerprint density at radius 3 is 2.95 bits per heavy atom. The molecule has 1 aromatic rings. The van der Waals surface area contributed by atoms with E-state index in [1.165, 1.54) is 19.5 Å². The number of ether oxygens (including phenoxy) is 1. The molecule has 0 bridgehead atoms. The van der Waals surface area contributed by atoms with Gasteiger partial charge in [0.25, 0.3) is 0 Å². The summed E-state index contributed by atoms with van der Waals surface area (Å²) in [6.07, 6.45) is 2.45. The Labute approximate surface area is 123 Å². The second-order valence-electron chi connectivity index (χ2n) is 6.15. The third kappa shape index (κ3) is 4.50. The molecule has 0 aliphatic carbocycles. The highest BCUT2D eigenvalue weighted by molar-refractivity contribution is 5.28. The van der Waals surface area contributed by atoms with E-state index in [4.69, 9.17) is 10.5 Å². The van der Waals surface area contributed by atoms with Crippen molar-refractivity contribution in [1.29, 1.82) is 0 Å². The Morgan fingerprint density at radius 1 is 1.40 bits per heavy atom. The predicted octanol–water partition coefficient (Wildman–Crippen LogP) is 2.89. The second-order valence-corrected chi connectivity index (χ2v) is 6.15. The molecule has 0 saturated carbocycles. The van der Waals surface area contributed by atoms with E-state index in [1.54, 1.807) is 0 Å². The van der Waals surface area contributed by atoms with Gasteiger partial charge >= 0.3 is 0 Å². The van der Waals surface area contributed by atoms with Crippen molar-refractivity contribution in [2.45, 2.75) is 33.2 Å². The van der Waals surface area contributed by atoms with Crippen molar-refractivity contribution in [2.24, 2.45) is 17.6 Å². The fourth-order valence-corrected chi connectivity index (χ4v) is 2.85. The minimum absolute atomic E-state index is 0.571. The summed E-state index contributed by atoms with van der Waals surface area (Å²) < 4.78 is 5.80. The zero-order valence-electron chi connectivity index (χ0n) is 12.8. The van der Waals surface area contributed by atoms with Crippen LogP contribution in [0.1, 0.15) is 32.3 Å². The van der Waals surface area contributed by atoms with Crippen molar-refractivity contribution in [3.63, 3.8) is 0 Å². The lowest BCUT2D eigenvalue weighted by atomic mass is 9.95. The van der Waals surface area contributed by atoms with Crippen molar-refractivity contribution in [3.8, 4) is 5.75 Å². The van der Waals surface area contributed by atoms with Crippen LogP contribution in [-0.4, -0.2) is 31.1 Å². The largest absolute Gasteiger partial charge is 0.494 e. The third-order valence-corrected chi connectivity index (χ3v) is 4.27. The van der Waals surface area contributed by atoms with Crippen LogP contribution in [0.15, 0.2) is 24.3 Å². The van der Waals surface area contributed by atoms with Gasteiger partial charge in [0.15, 0.2) is 0 Å². The maximum absolute atomic E-state index is 5.80. The molecule has 1 aromatic carbocycles. The van der Waals surface area contributed by atoms with E-state index in [9.17, 15) is 0 Å². The van der Waals surface area contributed by atoms with Crippen LogP contribution in [0.5, 0.6) is 5.75 Å². The lowest BCUT2D eigenvalue weighted by Gasteiger charge is -2.17. The average Bonchev–Trinajstić information content (AvgIpc) is 2.93. The first kappa shape index (κ1) is 15.3. The molecule has 1 fully saturated rings. The number of likely N-dealkylation sites (tertiary alicyclic amines) is 1. The number of nitrogens with two attached hydrogens (primary N) is 1. The molecule has 3 nitrogen and oxygen atoms in total. The summed E-state index contributed by atoms with van der Waals surface area (Å²) in [5.74, 6) is 2.64. The monoisotopic (exact) mass is 276 g/mol. The molecule has 0 aromatic heterocycles. The minimum atomic E-state index is 0.571. The first-order valence-electron chi connectivity index (χ1n) is 7.83. The summed E-state index contributed by atoms with van der Waals surface area (Å²) in [7, 11) is 0. The lowest BCUT2D eigenvalue weighted by molar-refractivity contribution is 0.252. The normalized spacial score (nSPS) is 19.7. The summed E-state index contributed by atoms with van der Waals surface area (Å²) in [6.45, 7) is 9.70. The lowest BCUT2D eigenvalue weighted by Crippen LogP contribution is -2.24. The Hall–Kier alpha value is -1.06. The number of rotatable bonds is 7. The van der Waals surface area contributed by atoms with Gasteiger partial charge in [-0.25, -0.2) is 0 Å². The van der Waals surface area contributed by atoms with E-state index in [1.807, 2.05) is 24.3 Å². The SMILES string of the molecule is CC(C)C1CCN(CCCOc2cccc(CN)c2)C1. The van der Waals surface area contributed by atoms with Gasteiger partial charge in [-0.05, 0) is 48.9 Å². The molecule has 1 aliphatic rings. The fourth-order valence-electron chi connectivity index (χ4n) is 2.85. The number of hydrogen-bond acceptors (Lipinski definition) is 3. The van der Waals surface area contributed by atoms with Gasteiger partial charge in [0.05, 0.1) is 6.61 Å². The summed E-state index contributed by atoms with van der Waals surface area (Å²) >= 11 is 0. The van der Waals surface area contributed by atoms with Crippen LogP contribution in [0.4, 0.5) is 0 Å². The zero-order chi connectivity index (χ0) is 14.4. The van der Waals surface area contributed by atoms with E-state index >= 15 is 0 Å². The van der Waals surface area contributed by atoms with Crippen LogP contribution in [-0.2, 0) is 6.54 Å². The van der Waals surface area contributed by atoms with E-state index in [-0.39, 0.29) is 0 Å². The molecular formula is C17H28N2O. The number of hydrogen-bond donors (Lipinski definition) is 1. The van der Waals surface area contributed by atoms with E-state index < -0.39 is 0 Å². The summed E-state index contributed by atoms with van der Waals surface area (Å²) in [5, 5.41) is 0. The maximum atomic E-state index is 5.80. The fraction of sp³-hybridized carbons (Fsp3) is 0.647. The van der Waals surface area contributed by atoms with E-state index in [0.29, 0.717) is 6.54 Å². The van der Waals surface area contributed by atoms with Crippen LogP contribution >= 0.6 is 0 Å². The molecule has 2 rings (SSSR count). The molecule has 1 heterocycles. The van der Waals surface area contributed by atoms with Crippen LogP contribution in [0.3, 0.4) is 0 Å². The molecule has 1 saturated heterocycles. The summed E-state index contributed by atoms with van der Waals surface area (Å²) in [4.78, 5) is 2.57. The van der Waals surface area contributed by atoms with Gasteiger partial charge in [-0.15, -0.1) is 0 Å². The molecule has 3 heteroatoms. The van der Waals surface area contributed by atoms with E-state index in [0.717, 1.165) is 42.7 Å². The summed E-state index contributed by atoms with van der Waals surface area (Å²) in [5.41, 5.74) is 6.76. The molecule has 112 valence electrons. The average molecular weight is 276 g/mol. The molecule has 0 spiro atoms. The van der Waals surface area contributed by atoms with Gasteiger partial charge in [0.1, 0.15) is 5.75 Å². The topological polar surface area (TPSA) is 38.5 Å². The smallest absolute Gasteiger partial charge is 0.119 e. The second kappa shape index (κ2) is 7.65. The molecule has 0 amide bonds. The van der Waals surface area contributed by atoms with Gasteiger partial charge in [0.2, 0.25) is 0 Å². The molecule has 20 heavy (non-hydrogen) atoms. The van der Waals surface area contributed by atoms with Crippen LogP contribution in [0.2, 0.25) is 0 Å². The standard InChI is InChI=1S/C17H28N2O/c1-14(2)16-7-9-19(13-16)8-4-10-20-17-6-3-5-15(11-17)12-18/h3,5-6,11,14,16H,4,7-10,12-13,18H2,1-2H3. The number of benzene rings is 1. The minimum Gasteiger partial charge on any atom is -0.494 e. The van der Waals surface area contributed by atoms with Gasteiger partial charge in [-0.3, -0.25) is 0 Å². The van der Waals surface area contributed by atoms with Gasteiger partial charge in [-0.2, -0.15) is 0 Å². The first-order chi connectivity index (χ1) is 9.69. The Morgan fingerprint density at radius 2 is 2.25 bits per heavy atom.